The van der Waals surface area contributed by atoms with E-state index in [-0.39, 0.29) is 0 Å². The van der Waals surface area contributed by atoms with Crippen molar-refractivity contribution in [3.63, 3.8) is 0 Å². The van der Waals surface area contributed by atoms with Crippen LogP contribution in [0.2, 0.25) is 0 Å². The van der Waals surface area contributed by atoms with E-state index in [1.807, 2.05) is 0 Å². The Kier molecular flexibility index (Phi) is 7.25. The molecular weight excluding hydrogens is 220 g/mol. The molecule has 1 heterocycles. The van der Waals surface area contributed by atoms with Crippen LogP contribution in [0.4, 0.5) is 0 Å². The molecule has 0 spiro atoms. The molecule has 1 N–H and O–H groups in total. The third-order valence-corrected chi connectivity index (χ3v) is 4.05. The molecule has 0 saturated carbocycles. The lowest BCUT2D eigenvalue weighted by atomic mass is 10.0. The van der Waals surface area contributed by atoms with Crippen molar-refractivity contribution in [2.24, 2.45) is 11.8 Å². The summed E-state index contributed by atoms with van der Waals surface area (Å²) in [4.78, 5) is 2.72. The van der Waals surface area contributed by atoms with Crippen molar-refractivity contribution in [3.05, 3.63) is 0 Å². The fourth-order valence-electron chi connectivity index (χ4n) is 2.91. The summed E-state index contributed by atoms with van der Waals surface area (Å²) in [5, 5.41) is 3.72. The zero-order valence-electron chi connectivity index (χ0n) is 13.2. The van der Waals surface area contributed by atoms with Gasteiger partial charge in [-0.05, 0) is 57.5 Å². The summed E-state index contributed by atoms with van der Waals surface area (Å²) < 4.78 is 0. The molecule has 1 aliphatic rings. The highest BCUT2D eigenvalue weighted by Crippen LogP contribution is 2.16. The molecule has 2 unspecified atom stereocenters. The molecule has 1 rings (SSSR count). The van der Waals surface area contributed by atoms with Crippen LogP contribution < -0.4 is 5.32 Å². The molecule has 2 atom stereocenters. The SMILES string of the molecule is CC(C)CCC(C)N1CCCNC(CC(C)C)C1. The molecule has 0 amide bonds. The Bertz CT molecular complexity index is 213. The first-order chi connectivity index (χ1) is 8.49. The second-order valence-corrected chi connectivity index (χ2v) is 6.95. The Hall–Kier alpha value is -0.0800. The van der Waals surface area contributed by atoms with Gasteiger partial charge in [-0.1, -0.05) is 27.7 Å². The Morgan fingerprint density at radius 1 is 1.06 bits per heavy atom. The van der Waals surface area contributed by atoms with Crippen LogP contribution in [-0.4, -0.2) is 36.6 Å². The molecule has 0 aliphatic carbocycles. The van der Waals surface area contributed by atoms with Crippen LogP contribution in [-0.2, 0) is 0 Å². The van der Waals surface area contributed by atoms with Crippen LogP contribution >= 0.6 is 0 Å². The van der Waals surface area contributed by atoms with Crippen molar-refractivity contribution >= 4 is 0 Å². The number of hydrogen-bond acceptors (Lipinski definition) is 2. The Morgan fingerprint density at radius 3 is 2.39 bits per heavy atom. The first-order valence-corrected chi connectivity index (χ1v) is 7.96. The lowest BCUT2D eigenvalue weighted by Gasteiger charge is -2.31. The zero-order chi connectivity index (χ0) is 13.5. The van der Waals surface area contributed by atoms with E-state index in [1.165, 1.54) is 45.3 Å². The highest BCUT2D eigenvalue weighted by molar-refractivity contribution is 4.80. The van der Waals surface area contributed by atoms with Gasteiger partial charge in [-0.3, -0.25) is 4.90 Å². The summed E-state index contributed by atoms with van der Waals surface area (Å²) in [5.74, 6) is 1.64. The number of nitrogens with one attached hydrogen (secondary N) is 1. The number of hydrogen-bond donors (Lipinski definition) is 1. The fourth-order valence-corrected chi connectivity index (χ4v) is 2.91. The van der Waals surface area contributed by atoms with Gasteiger partial charge in [0.1, 0.15) is 0 Å². The summed E-state index contributed by atoms with van der Waals surface area (Å²) in [6.07, 6.45) is 5.33. The second kappa shape index (κ2) is 8.16. The van der Waals surface area contributed by atoms with E-state index >= 15 is 0 Å². The molecule has 0 bridgehead atoms. The van der Waals surface area contributed by atoms with E-state index in [1.54, 1.807) is 0 Å². The Balaban J connectivity index is 2.42. The number of nitrogens with zero attached hydrogens (tertiary/aromatic N) is 1. The monoisotopic (exact) mass is 254 g/mol. The van der Waals surface area contributed by atoms with Gasteiger partial charge in [0, 0.05) is 18.6 Å². The van der Waals surface area contributed by atoms with Gasteiger partial charge >= 0.3 is 0 Å². The van der Waals surface area contributed by atoms with Crippen molar-refractivity contribution in [1.82, 2.24) is 10.2 Å². The molecular formula is C16H34N2. The third-order valence-electron chi connectivity index (χ3n) is 4.05. The van der Waals surface area contributed by atoms with Crippen molar-refractivity contribution in [3.8, 4) is 0 Å². The minimum absolute atomic E-state index is 0.703. The molecule has 1 saturated heterocycles. The molecule has 1 fully saturated rings. The van der Waals surface area contributed by atoms with Crippen LogP contribution in [0.25, 0.3) is 0 Å². The summed E-state index contributed by atoms with van der Waals surface area (Å²) in [7, 11) is 0. The van der Waals surface area contributed by atoms with Gasteiger partial charge in [0.15, 0.2) is 0 Å². The summed E-state index contributed by atoms with van der Waals surface area (Å²) in [6, 6.07) is 1.45. The minimum Gasteiger partial charge on any atom is -0.313 e. The fraction of sp³-hybridized carbons (Fsp3) is 1.00. The van der Waals surface area contributed by atoms with E-state index in [4.69, 9.17) is 0 Å². The van der Waals surface area contributed by atoms with Crippen molar-refractivity contribution in [2.75, 3.05) is 19.6 Å². The van der Waals surface area contributed by atoms with Gasteiger partial charge in [0.25, 0.3) is 0 Å². The standard InChI is InChI=1S/C16H34N2/c1-13(2)7-8-15(5)18-10-6-9-17-16(12-18)11-14(3)4/h13-17H,6-12H2,1-5H3. The van der Waals surface area contributed by atoms with E-state index < -0.39 is 0 Å². The van der Waals surface area contributed by atoms with Crippen molar-refractivity contribution in [2.45, 2.75) is 72.4 Å². The van der Waals surface area contributed by atoms with Gasteiger partial charge in [0.05, 0.1) is 0 Å². The van der Waals surface area contributed by atoms with Gasteiger partial charge in [0.2, 0.25) is 0 Å². The largest absolute Gasteiger partial charge is 0.313 e. The molecule has 0 aromatic heterocycles. The molecule has 0 aromatic rings. The highest BCUT2D eigenvalue weighted by Gasteiger charge is 2.22. The van der Waals surface area contributed by atoms with E-state index in [0.29, 0.717) is 6.04 Å². The highest BCUT2D eigenvalue weighted by atomic mass is 15.2. The second-order valence-electron chi connectivity index (χ2n) is 6.95. The Labute approximate surface area is 115 Å². The van der Waals surface area contributed by atoms with Crippen LogP contribution in [0.1, 0.15) is 60.3 Å². The molecule has 2 heteroatoms. The molecule has 1 aliphatic heterocycles. The minimum atomic E-state index is 0.703. The predicted molar refractivity (Wildman–Crippen MR) is 81.0 cm³/mol. The first-order valence-electron chi connectivity index (χ1n) is 7.96. The average molecular weight is 254 g/mol. The average Bonchev–Trinajstić information content (AvgIpc) is 2.50. The smallest absolute Gasteiger partial charge is 0.0197 e. The van der Waals surface area contributed by atoms with Crippen molar-refractivity contribution < 1.29 is 0 Å². The third kappa shape index (κ3) is 6.19. The van der Waals surface area contributed by atoms with Gasteiger partial charge in [-0.2, -0.15) is 0 Å². The molecule has 18 heavy (non-hydrogen) atoms. The topological polar surface area (TPSA) is 15.3 Å². The number of rotatable bonds is 6. The van der Waals surface area contributed by atoms with Crippen molar-refractivity contribution in [1.29, 1.82) is 0 Å². The lowest BCUT2D eigenvalue weighted by molar-refractivity contribution is 0.183. The maximum Gasteiger partial charge on any atom is 0.0197 e. The van der Waals surface area contributed by atoms with E-state index in [9.17, 15) is 0 Å². The van der Waals surface area contributed by atoms with E-state index in [2.05, 4.69) is 44.8 Å². The van der Waals surface area contributed by atoms with Crippen LogP contribution in [0, 0.1) is 11.8 Å². The zero-order valence-corrected chi connectivity index (χ0v) is 13.2. The summed E-state index contributed by atoms with van der Waals surface area (Å²) in [6.45, 7) is 15.5. The summed E-state index contributed by atoms with van der Waals surface area (Å²) in [5.41, 5.74) is 0. The maximum absolute atomic E-state index is 3.72. The molecule has 108 valence electrons. The lowest BCUT2D eigenvalue weighted by Crippen LogP contribution is -2.42. The van der Waals surface area contributed by atoms with Gasteiger partial charge in [-0.15, -0.1) is 0 Å². The Morgan fingerprint density at radius 2 is 1.78 bits per heavy atom. The van der Waals surface area contributed by atoms with Crippen LogP contribution in [0.5, 0.6) is 0 Å². The van der Waals surface area contributed by atoms with Gasteiger partial charge < -0.3 is 5.32 Å². The van der Waals surface area contributed by atoms with Gasteiger partial charge in [-0.25, -0.2) is 0 Å². The maximum atomic E-state index is 3.72. The molecule has 0 aromatic carbocycles. The van der Waals surface area contributed by atoms with Crippen LogP contribution in [0.15, 0.2) is 0 Å². The molecule has 0 radical (unpaired) electrons. The van der Waals surface area contributed by atoms with E-state index in [0.717, 1.165) is 17.9 Å². The summed E-state index contributed by atoms with van der Waals surface area (Å²) >= 11 is 0. The normalized spacial score (nSPS) is 24.5. The molecule has 2 nitrogen and oxygen atoms in total. The quantitative estimate of drug-likeness (QED) is 0.780. The first kappa shape index (κ1) is 16.0. The predicted octanol–water partition coefficient (Wildman–Crippen LogP) is 3.52. The van der Waals surface area contributed by atoms with Crippen LogP contribution in [0.3, 0.4) is 0 Å².